The number of hydrogen-bond donors (Lipinski definition) is 16. The average Bonchev–Trinajstić information content (AvgIpc) is 1.68. The van der Waals surface area contributed by atoms with Gasteiger partial charge in [0.15, 0.2) is 39.1 Å². The number of nitrogens with one attached hydrogen (secondary N) is 4. The predicted molar refractivity (Wildman–Crippen MR) is 262 cm³/mol. The summed E-state index contributed by atoms with van der Waals surface area (Å²) in [6.45, 7) is -4.88. The Balaban J connectivity index is 0.000000212. The molecular formula is C40H51F6N25O16+4. The van der Waals surface area contributed by atoms with Crippen LogP contribution in [0.1, 0.15) is 24.9 Å². The normalized spacial score (nSPS) is 31.3. The molecule has 16 atom stereocenters. The Morgan fingerprint density at radius 3 is 1.21 bits per heavy atom. The van der Waals surface area contributed by atoms with Gasteiger partial charge in [-0.25, -0.2) is 28.0 Å². The number of aliphatic hydroxyl groups is 8. The van der Waals surface area contributed by atoms with E-state index in [1.807, 2.05) is 0 Å². The highest BCUT2D eigenvalue weighted by Gasteiger charge is 2.68. The molecule has 4 saturated heterocycles. The van der Waals surface area contributed by atoms with Gasteiger partial charge in [0.05, 0.1) is 24.6 Å². The lowest BCUT2D eigenvalue weighted by molar-refractivity contribution is -0.211. The maximum absolute atomic E-state index is 13.3. The van der Waals surface area contributed by atoms with Gasteiger partial charge in [0.25, 0.3) is 22.9 Å². The molecule has 47 heteroatoms. The molecule has 4 fully saturated rings. The molecule has 0 saturated carbocycles. The summed E-state index contributed by atoms with van der Waals surface area (Å²) in [6, 6.07) is 6.65. The number of aliphatic hydroxyl groups excluding tert-OH is 8. The summed E-state index contributed by atoms with van der Waals surface area (Å²) in [6.07, 6.45) is -17.4. The quantitative estimate of drug-likeness (QED) is 0.0318. The van der Waals surface area contributed by atoms with Gasteiger partial charge in [-0.1, -0.05) is 0 Å². The highest BCUT2D eigenvalue weighted by molar-refractivity contribution is 5.26. The van der Waals surface area contributed by atoms with Gasteiger partial charge in [0.1, 0.15) is 114 Å². The van der Waals surface area contributed by atoms with Crippen LogP contribution < -0.4 is 65.3 Å². The van der Waals surface area contributed by atoms with Crippen LogP contribution in [0.25, 0.3) is 0 Å². The molecule has 0 spiro atoms. The number of nitriles is 1. The van der Waals surface area contributed by atoms with Gasteiger partial charge in [0.2, 0.25) is 26.1 Å². The van der Waals surface area contributed by atoms with Crippen molar-refractivity contribution in [1.82, 2.24) is 57.9 Å². The lowest BCUT2D eigenvalue weighted by Gasteiger charge is -2.23. The minimum absolute atomic E-state index is 0.0115. The van der Waals surface area contributed by atoms with E-state index < -0.39 is 164 Å². The van der Waals surface area contributed by atoms with Gasteiger partial charge in [-0.3, -0.25) is 22.7 Å². The largest absolute Gasteiger partial charge is 0.398 e. The number of nitrogens with two attached hydrogens (primary N) is 4. The highest BCUT2D eigenvalue weighted by Crippen LogP contribution is 2.50. The number of alkyl halides is 6. The molecule has 4 aromatic rings. The summed E-state index contributed by atoms with van der Waals surface area (Å²) in [4.78, 5) is 71.4. The van der Waals surface area contributed by atoms with Crippen molar-refractivity contribution in [2.24, 2.45) is 44.1 Å². The topological polar surface area (TPSA) is 667 Å². The molecule has 0 unspecified atom stereocenters. The van der Waals surface area contributed by atoms with Crippen LogP contribution in [0.15, 0.2) is 88.7 Å². The second kappa shape index (κ2) is 27.7. The first-order valence-electron chi connectivity index (χ1n) is 23.9. The molecule has 41 nitrogen and oxygen atoms in total. The molecule has 8 rings (SSSR count). The molecule has 0 bridgehead atoms. The van der Waals surface area contributed by atoms with E-state index in [0.717, 1.165) is 27.6 Å². The van der Waals surface area contributed by atoms with Gasteiger partial charge < -0.3 is 82.7 Å². The number of halogens is 6. The Morgan fingerprint density at radius 2 is 0.874 bits per heavy atom. The van der Waals surface area contributed by atoms with Gasteiger partial charge in [0, 0.05) is 24.8 Å². The van der Waals surface area contributed by atoms with Gasteiger partial charge in [-0.05, 0) is 24.3 Å². The number of rotatable bonds is 14. The first kappa shape index (κ1) is 68.3. The Kier molecular flexibility index (Phi) is 21.8. The van der Waals surface area contributed by atoms with E-state index in [4.69, 9.17) is 69.3 Å². The molecule has 8 heterocycles. The van der Waals surface area contributed by atoms with Crippen molar-refractivity contribution >= 4 is 23.3 Å². The van der Waals surface area contributed by atoms with Crippen molar-refractivity contribution in [3.8, 4) is 6.07 Å². The minimum Gasteiger partial charge on any atom is -0.391 e. The van der Waals surface area contributed by atoms with Crippen LogP contribution in [0.5, 0.6) is 0 Å². The zero-order valence-corrected chi connectivity index (χ0v) is 43.7. The zero-order chi connectivity index (χ0) is 65.1. The van der Waals surface area contributed by atoms with Crippen molar-refractivity contribution in [3.63, 3.8) is 0 Å². The molecule has 87 heavy (non-hydrogen) atoms. The van der Waals surface area contributed by atoms with E-state index in [1.165, 1.54) is 30.6 Å². The Bertz CT molecular complexity index is 3620. The number of anilines is 4. The fourth-order valence-corrected chi connectivity index (χ4v) is 8.91. The molecule has 20 N–H and O–H groups in total. The summed E-state index contributed by atoms with van der Waals surface area (Å²) in [5.41, 5.74) is 35.6. The van der Waals surface area contributed by atoms with Crippen LogP contribution in [0.2, 0.25) is 0 Å². The Morgan fingerprint density at radius 1 is 0.563 bits per heavy atom. The van der Waals surface area contributed by atoms with Crippen LogP contribution in [0.4, 0.5) is 49.6 Å². The first-order chi connectivity index (χ1) is 41.0. The van der Waals surface area contributed by atoms with Crippen LogP contribution in [-0.4, -0.2) is 172 Å². The van der Waals surface area contributed by atoms with Gasteiger partial charge in [-0.2, -0.15) is 38.4 Å². The number of aromatic nitrogens is 8. The molecule has 4 aromatic heterocycles. The molecule has 0 amide bonds. The Labute approximate surface area is 476 Å². The standard InChI is InChI=1S/C10H11F3N6O4.C10H12F2N6O4.C10H13FN6O4.C10H11N7O4/c11-10(12,13)5-6(21)9(3-20,17-18-15)23-7(5)19-2-1-4(14)16-8(19)22;11-7(12)5-6(20)10(3-19,16-17-14)22-8(5)18-2-1-4(13)15-9(18)21;2*11-3-5-7(19)10(4-18,15-16-13)21-8(5)17-2-1-6(12)14-9(17)20/h1-2,5-7,15,20-21H,3H2,(H-,14,16,22);1-2,5-8,14,19-20H,3H2,(H-,13,15,21);1-2,5,7-8,13,18-19H,3-4H2,(H-,12,14,20);1-2,5,7-8,13,18-19H,4H2,(H-,12,14,20)/p+4/t5-,6-,7+,9+;5-,6+,8-,10-;2*5-,7-,8+,10+/m0100/s1. The zero-order valence-electron chi connectivity index (χ0n) is 43.7. The third-order valence-corrected chi connectivity index (χ3v) is 13.2. The molecule has 0 radical (unpaired) electrons. The van der Waals surface area contributed by atoms with E-state index in [2.05, 4.69) is 60.0 Å². The second-order valence-electron chi connectivity index (χ2n) is 18.2. The van der Waals surface area contributed by atoms with Gasteiger partial charge in [-0.15, -0.1) is 0 Å². The number of hydrogen-bond acceptors (Lipinski definition) is 33. The van der Waals surface area contributed by atoms with Crippen molar-refractivity contribution in [1.29, 1.82) is 27.4 Å². The van der Waals surface area contributed by atoms with E-state index in [0.29, 0.717) is 9.13 Å². The van der Waals surface area contributed by atoms with Crippen LogP contribution >= 0.6 is 0 Å². The summed E-state index contributed by atoms with van der Waals surface area (Å²) in [5, 5.41) is 99.5. The average molecular weight is 1250 g/mol. The summed E-state index contributed by atoms with van der Waals surface area (Å²) < 4.78 is 103. The predicted octanol–water partition coefficient (Wildman–Crippen LogP) is -5.40. The van der Waals surface area contributed by atoms with E-state index in [-0.39, 0.29) is 23.3 Å². The van der Waals surface area contributed by atoms with Crippen LogP contribution in [0.3, 0.4) is 0 Å². The van der Waals surface area contributed by atoms with E-state index >= 15 is 0 Å². The third kappa shape index (κ3) is 13.6. The summed E-state index contributed by atoms with van der Waals surface area (Å²) >= 11 is 0. The smallest absolute Gasteiger partial charge is 0.391 e. The second-order valence-corrected chi connectivity index (χ2v) is 18.2. The number of nitrogens with zero attached hydrogens (tertiary/aromatic N) is 17. The van der Waals surface area contributed by atoms with Crippen LogP contribution in [0, 0.1) is 57.1 Å². The van der Waals surface area contributed by atoms with E-state index in [9.17, 15) is 86.4 Å². The molecule has 0 aliphatic carbocycles. The summed E-state index contributed by atoms with van der Waals surface area (Å²) in [5.74, 6) is -7.27. The van der Waals surface area contributed by atoms with Crippen LogP contribution in [-0.2, 0) is 18.9 Å². The maximum Gasteiger partial charge on any atom is 0.398 e. The number of nitrogen functional groups attached to an aromatic ring is 4. The monoisotopic (exact) mass is 1250 g/mol. The Hall–Kier alpha value is -9.45. The van der Waals surface area contributed by atoms with Crippen molar-refractivity contribution < 1.29 is 86.1 Å². The minimum atomic E-state index is -5.00. The number of ether oxygens (including phenoxy) is 4. The fourth-order valence-electron chi connectivity index (χ4n) is 8.91. The molecular weight excluding hydrogens is 1200 g/mol. The van der Waals surface area contributed by atoms with Crippen molar-refractivity contribution in [2.45, 2.75) is 84.8 Å². The highest BCUT2D eigenvalue weighted by atomic mass is 19.4. The van der Waals surface area contributed by atoms with E-state index in [1.54, 1.807) is 6.07 Å². The first-order valence-corrected chi connectivity index (χ1v) is 23.9. The SMILES string of the molecule is N#C[C@@H]1[C@H](n2ccc(N)nc2=O)O[C@@](CO)(N=[N+]=N)[C@H]1O.N=[N+]=N[C@]1(CO)O[C@@H](n2ccc(N)nc2=O)[C@@H](C(F)(F)F)[C@@H]1O.N=[N+]=N[C@]1(CO)O[C@@H](n2ccc(N)nc2=O)[C@@H](C(F)F)[C@@H]1O.N=[N+]=N[C@]1(CO)O[C@@H](n2ccc(N)nc2=O)[C@@H](CF)[C@@H]1O. The third-order valence-electron chi connectivity index (χ3n) is 13.2. The molecule has 4 aliphatic rings. The van der Waals surface area contributed by atoms with Gasteiger partial charge >= 0.3 is 28.9 Å². The van der Waals surface area contributed by atoms with Crippen molar-refractivity contribution in [2.75, 3.05) is 56.0 Å². The maximum atomic E-state index is 13.3. The van der Waals surface area contributed by atoms with Crippen molar-refractivity contribution in [3.05, 3.63) is 91.0 Å². The molecule has 4 aliphatic heterocycles. The molecule has 470 valence electrons. The fraction of sp³-hybridized carbons (Fsp3) is 0.575. The lowest BCUT2D eigenvalue weighted by atomic mass is 9.95. The summed E-state index contributed by atoms with van der Waals surface area (Å²) in [7, 11) is 0. The molecule has 0 aromatic carbocycles. The lowest BCUT2D eigenvalue weighted by Crippen LogP contribution is -2.46.